The average Bonchev–Trinajstić information content (AvgIpc) is 3.16. The van der Waals surface area contributed by atoms with Crippen molar-refractivity contribution in [3.63, 3.8) is 0 Å². The van der Waals surface area contributed by atoms with Gasteiger partial charge in [-0.1, -0.05) is 39.0 Å². The van der Waals surface area contributed by atoms with E-state index in [2.05, 4.69) is 35.1 Å². The molecule has 0 bridgehead atoms. The van der Waals surface area contributed by atoms with Gasteiger partial charge in [0.05, 0.1) is 5.69 Å². The molecule has 1 aromatic rings. The third-order valence-electron chi connectivity index (χ3n) is 3.95. The molecule has 19 heavy (non-hydrogen) atoms. The maximum atomic E-state index is 4.62. The molecule has 0 aliphatic heterocycles. The van der Waals surface area contributed by atoms with E-state index in [9.17, 15) is 0 Å². The summed E-state index contributed by atoms with van der Waals surface area (Å²) in [5, 5.41) is 8.18. The minimum absolute atomic E-state index is 0.779. The summed E-state index contributed by atoms with van der Waals surface area (Å²) in [4.78, 5) is 0. The Morgan fingerprint density at radius 3 is 2.68 bits per heavy atom. The predicted molar refractivity (Wildman–Crippen MR) is 80.2 cm³/mol. The van der Waals surface area contributed by atoms with Crippen LogP contribution in [0.1, 0.15) is 69.5 Å². The van der Waals surface area contributed by atoms with E-state index in [1.54, 1.807) is 0 Å². The van der Waals surface area contributed by atoms with E-state index >= 15 is 0 Å². The number of aromatic nitrogens is 2. The lowest BCUT2D eigenvalue weighted by Gasteiger charge is -2.02. The first-order valence-electron chi connectivity index (χ1n) is 8.06. The van der Waals surface area contributed by atoms with E-state index in [0.29, 0.717) is 0 Å². The van der Waals surface area contributed by atoms with Gasteiger partial charge in [0, 0.05) is 30.9 Å². The lowest BCUT2D eigenvalue weighted by molar-refractivity contribution is 0.525. The zero-order valence-electron chi connectivity index (χ0n) is 12.6. The lowest BCUT2D eigenvalue weighted by atomic mass is 10.1. The summed E-state index contributed by atoms with van der Waals surface area (Å²) in [6.07, 6.45) is 13.0. The largest absolute Gasteiger partial charge is 0.310 e. The molecule has 108 valence electrons. The third-order valence-corrected chi connectivity index (χ3v) is 3.95. The fraction of sp³-hybridized carbons (Fsp3) is 0.812. The molecule has 1 fully saturated rings. The molecular weight excluding hydrogens is 234 g/mol. The average molecular weight is 263 g/mol. The van der Waals surface area contributed by atoms with Crippen molar-refractivity contribution in [3.05, 3.63) is 17.5 Å². The summed E-state index contributed by atoms with van der Waals surface area (Å²) in [6, 6.07) is 0.779. The molecule has 3 nitrogen and oxygen atoms in total. The Morgan fingerprint density at radius 1 is 1.21 bits per heavy atom. The molecule has 1 heterocycles. The highest BCUT2D eigenvalue weighted by Crippen LogP contribution is 2.19. The van der Waals surface area contributed by atoms with Crippen LogP contribution in [-0.2, 0) is 13.1 Å². The smallest absolute Gasteiger partial charge is 0.0638 e. The molecule has 1 aliphatic rings. The van der Waals surface area contributed by atoms with Crippen molar-refractivity contribution in [3.8, 4) is 0 Å². The Hall–Kier alpha value is -0.830. The van der Waals surface area contributed by atoms with E-state index in [1.807, 2.05) is 0 Å². The van der Waals surface area contributed by atoms with Gasteiger partial charge in [0.25, 0.3) is 0 Å². The van der Waals surface area contributed by atoms with Crippen molar-refractivity contribution in [1.29, 1.82) is 0 Å². The minimum atomic E-state index is 0.779. The van der Waals surface area contributed by atoms with Gasteiger partial charge in [-0.05, 0) is 26.2 Å². The van der Waals surface area contributed by atoms with Gasteiger partial charge in [-0.25, -0.2) is 0 Å². The van der Waals surface area contributed by atoms with E-state index in [0.717, 1.165) is 19.1 Å². The highest BCUT2D eigenvalue weighted by Gasteiger charge is 2.20. The zero-order chi connectivity index (χ0) is 13.5. The number of rotatable bonds is 10. The van der Waals surface area contributed by atoms with Crippen molar-refractivity contribution >= 4 is 0 Å². The molecule has 3 heteroatoms. The van der Waals surface area contributed by atoms with Gasteiger partial charge >= 0.3 is 0 Å². The van der Waals surface area contributed by atoms with E-state index in [4.69, 9.17) is 0 Å². The van der Waals surface area contributed by atoms with Crippen LogP contribution in [0.4, 0.5) is 0 Å². The Morgan fingerprint density at radius 2 is 1.95 bits per heavy atom. The van der Waals surface area contributed by atoms with Crippen molar-refractivity contribution in [2.45, 2.75) is 84.3 Å². The van der Waals surface area contributed by atoms with Gasteiger partial charge in [-0.2, -0.15) is 5.10 Å². The van der Waals surface area contributed by atoms with Crippen LogP contribution in [-0.4, -0.2) is 15.8 Å². The number of nitrogens with one attached hydrogen (secondary N) is 1. The summed E-state index contributed by atoms with van der Waals surface area (Å²) in [6.45, 7) is 6.47. The van der Waals surface area contributed by atoms with Gasteiger partial charge < -0.3 is 5.32 Å². The molecule has 0 radical (unpaired) electrons. The van der Waals surface area contributed by atoms with Crippen LogP contribution in [0.2, 0.25) is 0 Å². The van der Waals surface area contributed by atoms with E-state index < -0.39 is 0 Å². The molecule has 0 spiro atoms. The standard InChI is InChI=1S/C16H29N3/c1-3-4-5-6-7-8-11-19-13-15(14(2)18-19)12-17-16-9-10-16/h13,16-17H,3-12H2,1-2H3. The molecular formula is C16H29N3. The van der Waals surface area contributed by atoms with Crippen LogP contribution in [0.15, 0.2) is 6.20 Å². The fourth-order valence-corrected chi connectivity index (χ4v) is 2.44. The molecule has 1 saturated carbocycles. The normalized spacial score (nSPS) is 15.1. The first kappa shape index (κ1) is 14.6. The topological polar surface area (TPSA) is 29.9 Å². The van der Waals surface area contributed by atoms with Gasteiger partial charge in [-0.15, -0.1) is 0 Å². The third kappa shape index (κ3) is 5.35. The summed E-state index contributed by atoms with van der Waals surface area (Å²) in [5.41, 5.74) is 2.57. The van der Waals surface area contributed by atoms with Gasteiger partial charge in [0.1, 0.15) is 0 Å². The van der Waals surface area contributed by atoms with Crippen LogP contribution in [0.5, 0.6) is 0 Å². The molecule has 1 N–H and O–H groups in total. The fourth-order valence-electron chi connectivity index (χ4n) is 2.44. The van der Waals surface area contributed by atoms with Crippen molar-refractivity contribution in [2.24, 2.45) is 0 Å². The number of hydrogen-bond donors (Lipinski definition) is 1. The van der Waals surface area contributed by atoms with Crippen molar-refractivity contribution < 1.29 is 0 Å². The quantitative estimate of drug-likeness (QED) is 0.651. The Bertz CT molecular complexity index is 366. The molecule has 0 aromatic carbocycles. The summed E-state index contributed by atoms with van der Waals surface area (Å²) in [7, 11) is 0. The molecule has 0 atom stereocenters. The maximum Gasteiger partial charge on any atom is 0.0638 e. The molecule has 0 unspecified atom stereocenters. The zero-order valence-corrected chi connectivity index (χ0v) is 12.6. The van der Waals surface area contributed by atoms with Crippen LogP contribution in [0.3, 0.4) is 0 Å². The van der Waals surface area contributed by atoms with Crippen LogP contribution in [0.25, 0.3) is 0 Å². The van der Waals surface area contributed by atoms with Gasteiger partial charge in [-0.3, -0.25) is 4.68 Å². The highest BCUT2D eigenvalue weighted by atomic mass is 15.3. The monoisotopic (exact) mass is 263 g/mol. The number of aryl methyl sites for hydroxylation is 2. The SMILES string of the molecule is CCCCCCCCn1cc(CNC2CC2)c(C)n1. The first-order valence-corrected chi connectivity index (χ1v) is 8.06. The maximum absolute atomic E-state index is 4.62. The molecule has 2 rings (SSSR count). The first-order chi connectivity index (χ1) is 9.29. The van der Waals surface area contributed by atoms with Crippen molar-refractivity contribution in [2.75, 3.05) is 0 Å². The second-order valence-corrected chi connectivity index (χ2v) is 5.93. The van der Waals surface area contributed by atoms with Crippen LogP contribution in [0, 0.1) is 6.92 Å². The number of nitrogens with zero attached hydrogens (tertiary/aromatic N) is 2. The van der Waals surface area contributed by atoms with Crippen molar-refractivity contribution in [1.82, 2.24) is 15.1 Å². The number of hydrogen-bond acceptors (Lipinski definition) is 2. The van der Waals surface area contributed by atoms with E-state index in [-0.39, 0.29) is 0 Å². The van der Waals surface area contributed by atoms with E-state index in [1.165, 1.54) is 62.6 Å². The molecule has 1 aromatic heterocycles. The Kier molecular flexibility index (Phi) is 5.90. The van der Waals surface area contributed by atoms with Crippen LogP contribution < -0.4 is 5.32 Å². The minimum Gasteiger partial charge on any atom is -0.310 e. The number of unbranched alkanes of at least 4 members (excludes halogenated alkanes) is 5. The molecule has 0 amide bonds. The second kappa shape index (κ2) is 7.68. The second-order valence-electron chi connectivity index (χ2n) is 5.93. The summed E-state index contributed by atoms with van der Waals surface area (Å²) >= 11 is 0. The van der Waals surface area contributed by atoms with Gasteiger partial charge in [0.15, 0.2) is 0 Å². The van der Waals surface area contributed by atoms with Crippen LogP contribution >= 0.6 is 0 Å². The van der Waals surface area contributed by atoms with Gasteiger partial charge in [0.2, 0.25) is 0 Å². The Balaban J connectivity index is 1.64. The summed E-state index contributed by atoms with van der Waals surface area (Å²) < 4.78 is 2.14. The summed E-state index contributed by atoms with van der Waals surface area (Å²) in [5.74, 6) is 0. The lowest BCUT2D eigenvalue weighted by Crippen LogP contribution is -2.15. The predicted octanol–water partition coefficient (Wildman–Crippen LogP) is 3.80. The molecule has 1 aliphatic carbocycles. The highest BCUT2D eigenvalue weighted by molar-refractivity contribution is 5.15. The Labute approximate surface area is 117 Å². The molecule has 0 saturated heterocycles.